The zero-order valence-electron chi connectivity index (χ0n) is 7.66. The van der Waals surface area contributed by atoms with Crippen LogP contribution in [0.3, 0.4) is 0 Å². The third-order valence-corrected chi connectivity index (χ3v) is 2.04. The molecule has 0 aliphatic carbocycles. The van der Waals surface area contributed by atoms with Gasteiger partial charge >= 0.3 is 0 Å². The van der Waals surface area contributed by atoms with E-state index in [1.165, 1.54) is 10.6 Å². The highest BCUT2D eigenvalue weighted by atomic mass is 79.9. The number of hydrogen-bond donors (Lipinski definition) is 0. The van der Waals surface area contributed by atoms with Crippen molar-refractivity contribution in [3.8, 4) is 6.07 Å². The van der Waals surface area contributed by atoms with Crippen LogP contribution >= 0.6 is 15.9 Å². The second-order valence-corrected chi connectivity index (χ2v) is 3.50. The molecule has 0 radical (unpaired) electrons. The van der Waals surface area contributed by atoms with Crippen molar-refractivity contribution >= 4 is 15.9 Å². The lowest BCUT2D eigenvalue weighted by Crippen LogP contribution is -2.23. The second-order valence-electron chi connectivity index (χ2n) is 2.58. The Morgan fingerprint density at radius 2 is 2.43 bits per heavy atom. The smallest absolute Gasteiger partial charge is 0.270 e. The van der Waals surface area contributed by atoms with Gasteiger partial charge in [0.15, 0.2) is 0 Å². The Morgan fingerprint density at radius 1 is 1.71 bits per heavy atom. The summed E-state index contributed by atoms with van der Waals surface area (Å²) >= 11 is 3.21. The van der Waals surface area contributed by atoms with Crippen LogP contribution in [0.2, 0.25) is 0 Å². The van der Waals surface area contributed by atoms with Gasteiger partial charge in [-0.05, 0) is 28.9 Å². The minimum atomic E-state index is -0.329. The van der Waals surface area contributed by atoms with Crippen LogP contribution in [0.4, 0.5) is 0 Å². The number of nitriles is 1. The van der Waals surface area contributed by atoms with Crippen molar-refractivity contribution in [2.24, 2.45) is 0 Å². The number of hydrogen-bond acceptors (Lipinski definition) is 3. The Labute approximate surface area is 89.9 Å². The molecule has 74 valence electrons. The summed E-state index contributed by atoms with van der Waals surface area (Å²) in [7, 11) is 0. The van der Waals surface area contributed by atoms with Crippen molar-refractivity contribution in [3.05, 3.63) is 32.7 Å². The molecule has 4 nitrogen and oxygen atoms in total. The molecular formula is C9H9BrN2O2. The van der Waals surface area contributed by atoms with Gasteiger partial charge < -0.3 is 4.74 Å². The quantitative estimate of drug-likeness (QED) is 0.824. The van der Waals surface area contributed by atoms with Crippen LogP contribution < -0.4 is 5.56 Å². The van der Waals surface area contributed by atoms with Crippen LogP contribution in [0.5, 0.6) is 0 Å². The van der Waals surface area contributed by atoms with Gasteiger partial charge in [0.1, 0.15) is 18.4 Å². The highest BCUT2D eigenvalue weighted by Crippen LogP contribution is 2.07. The summed E-state index contributed by atoms with van der Waals surface area (Å²) in [5, 5.41) is 8.67. The fraction of sp³-hybridized carbons (Fsp3) is 0.333. The first kappa shape index (κ1) is 11.0. The minimum Gasteiger partial charge on any atom is -0.361 e. The van der Waals surface area contributed by atoms with Crippen LogP contribution in [-0.2, 0) is 11.5 Å². The molecule has 0 N–H and O–H groups in total. The Bertz CT molecular complexity index is 420. The van der Waals surface area contributed by atoms with Gasteiger partial charge in [-0.3, -0.25) is 9.36 Å². The zero-order chi connectivity index (χ0) is 10.6. The molecule has 0 aliphatic heterocycles. The van der Waals surface area contributed by atoms with E-state index in [9.17, 15) is 4.79 Å². The Balaban J connectivity index is 3.11. The van der Waals surface area contributed by atoms with E-state index in [0.29, 0.717) is 11.1 Å². The molecule has 1 aromatic rings. The second kappa shape index (κ2) is 4.94. The van der Waals surface area contributed by atoms with Gasteiger partial charge in [0.25, 0.3) is 5.56 Å². The van der Waals surface area contributed by atoms with Gasteiger partial charge in [-0.25, -0.2) is 0 Å². The summed E-state index contributed by atoms with van der Waals surface area (Å²) in [6.07, 6.45) is 1.60. The molecular weight excluding hydrogens is 248 g/mol. The predicted octanol–water partition coefficient (Wildman–Crippen LogP) is 1.48. The molecule has 0 fully saturated rings. The van der Waals surface area contributed by atoms with E-state index in [0.717, 1.165) is 0 Å². The highest BCUT2D eigenvalue weighted by molar-refractivity contribution is 9.10. The molecule has 0 aliphatic rings. The minimum absolute atomic E-state index is 0.110. The molecule has 1 aromatic heterocycles. The van der Waals surface area contributed by atoms with Crippen LogP contribution in [0.15, 0.2) is 21.5 Å². The molecule has 0 saturated heterocycles. The zero-order valence-corrected chi connectivity index (χ0v) is 9.24. The third kappa shape index (κ3) is 2.44. The molecule has 0 bridgehead atoms. The number of halogens is 1. The van der Waals surface area contributed by atoms with Gasteiger partial charge in [-0.2, -0.15) is 5.26 Å². The number of aromatic nitrogens is 1. The topological polar surface area (TPSA) is 55.0 Å². The van der Waals surface area contributed by atoms with Crippen LogP contribution in [-0.4, -0.2) is 11.2 Å². The molecule has 0 spiro atoms. The maximum Gasteiger partial charge on any atom is 0.270 e. The van der Waals surface area contributed by atoms with Crippen molar-refractivity contribution in [2.75, 3.05) is 6.61 Å². The van der Waals surface area contributed by atoms with Gasteiger partial charge in [0.2, 0.25) is 0 Å². The van der Waals surface area contributed by atoms with Crippen molar-refractivity contribution in [2.45, 2.75) is 13.7 Å². The molecule has 0 atom stereocenters. The molecule has 0 saturated carbocycles. The van der Waals surface area contributed by atoms with Crippen molar-refractivity contribution in [1.82, 2.24) is 4.57 Å². The van der Waals surface area contributed by atoms with Gasteiger partial charge in [0.05, 0.1) is 0 Å². The molecule has 1 heterocycles. The van der Waals surface area contributed by atoms with E-state index >= 15 is 0 Å². The van der Waals surface area contributed by atoms with Crippen molar-refractivity contribution in [1.29, 1.82) is 5.26 Å². The molecule has 5 heteroatoms. The molecule has 0 unspecified atom stereocenters. The fourth-order valence-electron chi connectivity index (χ4n) is 0.965. The van der Waals surface area contributed by atoms with Gasteiger partial charge in [0, 0.05) is 17.3 Å². The van der Waals surface area contributed by atoms with Crippen LogP contribution in [0.25, 0.3) is 0 Å². The number of pyridine rings is 1. The van der Waals surface area contributed by atoms with Gasteiger partial charge in [-0.15, -0.1) is 0 Å². The SMILES string of the molecule is CCOCn1cc(Br)cc(C#N)c1=O. The Hall–Kier alpha value is -1.12. The average Bonchev–Trinajstić information content (AvgIpc) is 2.18. The number of nitrogens with zero attached hydrogens (tertiary/aromatic N) is 2. The lowest BCUT2D eigenvalue weighted by molar-refractivity contribution is 0.0852. The number of rotatable bonds is 3. The first-order valence-corrected chi connectivity index (χ1v) is 4.86. The van der Waals surface area contributed by atoms with E-state index in [1.54, 1.807) is 6.20 Å². The summed E-state index contributed by atoms with van der Waals surface area (Å²) in [6.45, 7) is 2.54. The summed E-state index contributed by atoms with van der Waals surface area (Å²) in [5.74, 6) is 0. The van der Waals surface area contributed by atoms with E-state index in [4.69, 9.17) is 10.00 Å². The standard InChI is InChI=1S/C9H9BrN2O2/c1-2-14-6-12-5-8(10)3-7(4-11)9(12)13/h3,5H,2,6H2,1H3. The van der Waals surface area contributed by atoms with E-state index in [2.05, 4.69) is 15.9 Å². The molecule has 1 rings (SSSR count). The fourth-order valence-corrected chi connectivity index (χ4v) is 1.44. The van der Waals surface area contributed by atoms with E-state index in [-0.39, 0.29) is 17.9 Å². The Kier molecular flexibility index (Phi) is 3.86. The van der Waals surface area contributed by atoms with Crippen molar-refractivity contribution < 1.29 is 4.74 Å². The first-order valence-electron chi connectivity index (χ1n) is 4.07. The monoisotopic (exact) mass is 256 g/mol. The lowest BCUT2D eigenvalue weighted by atomic mass is 10.3. The third-order valence-electron chi connectivity index (χ3n) is 1.61. The van der Waals surface area contributed by atoms with Crippen LogP contribution in [0, 0.1) is 11.3 Å². The Morgan fingerprint density at radius 3 is 3.00 bits per heavy atom. The summed E-state index contributed by atoms with van der Waals surface area (Å²) < 4.78 is 7.13. The average molecular weight is 257 g/mol. The number of ether oxygens (including phenoxy) is 1. The van der Waals surface area contributed by atoms with Crippen LogP contribution in [0.1, 0.15) is 12.5 Å². The first-order chi connectivity index (χ1) is 6.69. The lowest BCUT2D eigenvalue weighted by Gasteiger charge is -2.06. The molecule has 0 aromatic carbocycles. The maximum atomic E-state index is 11.5. The van der Waals surface area contributed by atoms with E-state index in [1.807, 2.05) is 13.0 Å². The highest BCUT2D eigenvalue weighted by Gasteiger charge is 2.04. The predicted molar refractivity (Wildman–Crippen MR) is 54.7 cm³/mol. The molecule has 14 heavy (non-hydrogen) atoms. The maximum absolute atomic E-state index is 11.5. The summed E-state index contributed by atoms with van der Waals surface area (Å²) in [6, 6.07) is 3.32. The van der Waals surface area contributed by atoms with Crippen molar-refractivity contribution in [3.63, 3.8) is 0 Å². The largest absolute Gasteiger partial charge is 0.361 e. The summed E-state index contributed by atoms with van der Waals surface area (Å²) in [4.78, 5) is 11.5. The van der Waals surface area contributed by atoms with E-state index < -0.39 is 0 Å². The normalized spacial score (nSPS) is 9.79. The molecule has 0 amide bonds. The van der Waals surface area contributed by atoms with Gasteiger partial charge in [-0.1, -0.05) is 0 Å². The summed E-state index contributed by atoms with van der Waals surface area (Å²) in [5.41, 5.74) is -0.219.